The number of ether oxygens (including phenoxy) is 2. The van der Waals surface area contributed by atoms with E-state index in [1.807, 2.05) is 56.9 Å². The van der Waals surface area contributed by atoms with Crippen LogP contribution in [0.3, 0.4) is 0 Å². The number of carbonyl (C=O) groups is 3. The van der Waals surface area contributed by atoms with Gasteiger partial charge in [0.2, 0.25) is 0 Å². The van der Waals surface area contributed by atoms with Crippen molar-refractivity contribution < 1.29 is 23.9 Å². The summed E-state index contributed by atoms with van der Waals surface area (Å²) < 4.78 is 11.0. The van der Waals surface area contributed by atoms with Crippen LogP contribution in [0, 0.1) is 0 Å². The van der Waals surface area contributed by atoms with Gasteiger partial charge in [-0.1, -0.05) is 18.2 Å². The van der Waals surface area contributed by atoms with Crippen molar-refractivity contribution >= 4 is 18.0 Å². The molecule has 204 valence electrons. The lowest BCUT2D eigenvalue weighted by Gasteiger charge is -2.38. The van der Waals surface area contributed by atoms with Crippen LogP contribution in [0.25, 0.3) is 0 Å². The molecule has 0 saturated carbocycles. The highest BCUT2D eigenvalue weighted by Crippen LogP contribution is 2.36. The van der Waals surface area contributed by atoms with Gasteiger partial charge in [0.1, 0.15) is 5.75 Å². The number of benzene rings is 1. The summed E-state index contributed by atoms with van der Waals surface area (Å²) in [6, 6.07) is 6.29. The third kappa shape index (κ3) is 6.94. The van der Waals surface area contributed by atoms with E-state index >= 15 is 0 Å². The van der Waals surface area contributed by atoms with Crippen molar-refractivity contribution in [2.45, 2.75) is 52.6 Å². The van der Waals surface area contributed by atoms with Crippen LogP contribution in [0.15, 0.2) is 35.5 Å². The lowest BCUT2D eigenvalue weighted by Crippen LogP contribution is -2.51. The van der Waals surface area contributed by atoms with E-state index in [1.165, 1.54) is 0 Å². The predicted molar refractivity (Wildman–Crippen MR) is 141 cm³/mol. The Bertz CT molecular complexity index is 1020. The van der Waals surface area contributed by atoms with Crippen LogP contribution in [0.4, 0.5) is 9.59 Å². The van der Waals surface area contributed by atoms with E-state index < -0.39 is 12.0 Å². The summed E-state index contributed by atoms with van der Waals surface area (Å²) >= 11 is 0. The summed E-state index contributed by atoms with van der Waals surface area (Å²) in [6.45, 7) is 13.1. The molecule has 2 aliphatic heterocycles. The van der Waals surface area contributed by atoms with E-state index in [0.29, 0.717) is 55.3 Å². The second-order valence-electron chi connectivity index (χ2n) is 10.2. The summed E-state index contributed by atoms with van der Waals surface area (Å²) in [4.78, 5) is 45.0. The third-order valence-electron chi connectivity index (χ3n) is 6.43. The van der Waals surface area contributed by atoms with Crippen molar-refractivity contribution in [1.29, 1.82) is 0 Å². The minimum Gasteiger partial charge on any atom is -0.496 e. The van der Waals surface area contributed by atoms with Gasteiger partial charge >= 0.3 is 18.0 Å². The minimum atomic E-state index is -0.707. The first-order chi connectivity index (χ1) is 17.6. The minimum absolute atomic E-state index is 0.0794. The molecule has 0 aromatic heterocycles. The van der Waals surface area contributed by atoms with E-state index in [-0.39, 0.29) is 24.2 Å². The highest BCUT2D eigenvalue weighted by Gasteiger charge is 2.39. The number of esters is 1. The van der Waals surface area contributed by atoms with Gasteiger partial charge < -0.3 is 25.0 Å². The Morgan fingerprint density at radius 2 is 1.84 bits per heavy atom. The second kappa shape index (κ2) is 12.3. The zero-order valence-corrected chi connectivity index (χ0v) is 22.9. The van der Waals surface area contributed by atoms with Crippen LogP contribution in [0.2, 0.25) is 0 Å². The molecule has 1 aromatic carbocycles. The first-order valence-corrected chi connectivity index (χ1v) is 13.0. The number of nitrogens with one attached hydrogen (secondary N) is 2. The molecule has 37 heavy (non-hydrogen) atoms. The molecule has 2 N–H and O–H groups in total. The SMILES string of the molecule is CCOC(=O)C1=C(CN2CCCN(C(=O)NC(C)(C)C)CC2)N(CC)C(=O)N[C@@H]1c1ccccc1OC. The molecular formula is C27H41N5O5. The van der Waals surface area contributed by atoms with Crippen LogP contribution >= 0.6 is 0 Å². The Hall–Kier alpha value is -3.27. The monoisotopic (exact) mass is 515 g/mol. The van der Waals surface area contributed by atoms with Crippen LogP contribution in [-0.4, -0.2) is 91.3 Å². The zero-order chi connectivity index (χ0) is 27.2. The van der Waals surface area contributed by atoms with E-state index in [2.05, 4.69) is 15.5 Å². The van der Waals surface area contributed by atoms with Crippen molar-refractivity contribution in [3.63, 3.8) is 0 Å². The van der Waals surface area contributed by atoms with Crippen molar-refractivity contribution in [2.24, 2.45) is 0 Å². The number of hydrogen-bond acceptors (Lipinski definition) is 6. The molecule has 1 fully saturated rings. The Labute approximate surface area is 219 Å². The molecule has 4 amide bonds. The number of amides is 4. The quantitative estimate of drug-likeness (QED) is 0.541. The molecular weight excluding hydrogens is 474 g/mol. The van der Waals surface area contributed by atoms with Crippen LogP contribution in [-0.2, 0) is 9.53 Å². The summed E-state index contributed by atoms with van der Waals surface area (Å²) in [5, 5.41) is 6.02. The summed E-state index contributed by atoms with van der Waals surface area (Å²) in [6.07, 6.45) is 0.786. The Morgan fingerprint density at radius 3 is 2.49 bits per heavy atom. The van der Waals surface area contributed by atoms with Gasteiger partial charge in [-0.2, -0.15) is 0 Å². The Balaban J connectivity index is 1.95. The van der Waals surface area contributed by atoms with Crippen LogP contribution in [0.5, 0.6) is 5.75 Å². The average molecular weight is 516 g/mol. The highest BCUT2D eigenvalue weighted by molar-refractivity contribution is 5.95. The van der Waals surface area contributed by atoms with E-state index in [0.717, 1.165) is 13.0 Å². The molecule has 2 heterocycles. The first-order valence-electron chi connectivity index (χ1n) is 13.0. The topological polar surface area (TPSA) is 103 Å². The van der Waals surface area contributed by atoms with Crippen molar-refractivity contribution in [3.05, 3.63) is 41.1 Å². The van der Waals surface area contributed by atoms with Crippen molar-refractivity contribution in [1.82, 2.24) is 25.3 Å². The maximum atomic E-state index is 13.4. The summed E-state index contributed by atoms with van der Waals surface area (Å²) in [5.41, 5.74) is 1.40. The van der Waals surface area contributed by atoms with E-state index in [9.17, 15) is 14.4 Å². The van der Waals surface area contributed by atoms with E-state index in [1.54, 1.807) is 18.9 Å². The summed E-state index contributed by atoms with van der Waals surface area (Å²) in [5.74, 6) is 0.113. The summed E-state index contributed by atoms with van der Waals surface area (Å²) in [7, 11) is 1.56. The molecule has 1 aromatic rings. The van der Waals surface area contributed by atoms with Crippen LogP contribution < -0.4 is 15.4 Å². The smallest absolute Gasteiger partial charge is 0.338 e. The number of methoxy groups -OCH3 is 1. The molecule has 10 nitrogen and oxygen atoms in total. The molecule has 0 spiro atoms. The number of likely N-dealkylation sites (N-methyl/N-ethyl adjacent to an activating group) is 1. The average Bonchev–Trinajstić information content (AvgIpc) is 3.08. The Kier molecular flexibility index (Phi) is 9.42. The van der Waals surface area contributed by atoms with Gasteiger partial charge in [-0.05, 0) is 47.1 Å². The maximum absolute atomic E-state index is 13.4. The molecule has 0 aliphatic carbocycles. The van der Waals surface area contributed by atoms with Crippen LogP contribution in [0.1, 0.15) is 52.6 Å². The highest BCUT2D eigenvalue weighted by atomic mass is 16.5. The standard InChI is InChI=1S/C27H41N5O5/c1-7-32-20(18-30-14-11-15-31(17-16-30)26(35)29-27(3,4)5)22(24(33)37-8-2)23(28-25(32)34)19-12-9-10-13-21(19)36-6/h9-10,12-13,23H,7-8,11,14-18H2,1-6H3,(H,28,34)(H,29,35)/t23-/m1/s1. The van der Waals surface area contributed by atoms with Crippen molar-refractivity contribution in [3.8, 4) is 5.75 Å². The van der Waals surface area contributed by atoms with Gasteiger partial charge in [0.05, 0.1) is 25.3 Å². The molecule has 1 atom stereocenters. The van der Waals surface area contributed by atoms with E-state index in [4.69, 9.17) is 9.47 Å². The molecule has 2 aliphatic rings. The zero-order valence-electron chi connectivity index (χ0n) is 22.9. The van der Waals surface area contributed by atoms with Gasteiger partial charge in [-0.25, -0.2) is 14.4 Å². The molecule has 10 heteroatoms. The lowest BCUT2D eigenvalue weighted by molar-refractivity contribution is -0.139. The van der Waals surface area contributed by atoms with Gasteiger partial charge in [0, 0.05) is 56.1 Å². The molecule has 1 saturated heterocycles. The number of rotatable bonds is 7. The number of para-hydroxylation sites is 1. The lowest BCUT2D eigenvalue weighted by atomic mass is 9.93. The fraction of sp³-hybridized carbons (Fsp3) is 0.593. The first kappa shape index (κ1) is 28.3. The number of hydrogen-bond donors (Lipinski definition) is 2. The number of carbonyl (C=O) groups excluding carboxylic acids is 3. The molecule has 0 unspecified atom stereocenters. The van der Waals surface area contributed by atoms with Crippen molar-refractivity contribution in [2.75, 3.05) is 53.0 Å². The largest absolute Gasteiger partial charge is 0.496 e. The van der Waals surface area contributed by atoms with Gasteiger partial charge in [0.25, 0.3) is 0 Å². The van der Waals surface area contributed by atoms with Gasteiger partial charge in [-0.3, -0.25) is 9.80 Å². The molecule has 3 rings (SSSR count). The fourth-order valence-corrected chi connectivity index (χ4v) is 4.74. The number of urea groups is 2. The van der Waals surface area contributed by atoms with Gasteiger partial charge in [-0.15, -0.1) is 0 Å². The molecule has 0 radical (unpaired) electrons. The Morgan fingerprint density at radius 1 is 1.11 bits per heavy atom. The number of nitrogens with zero attached hydrogens (tertiary/aromatic N) is 3. The maximum Gasteiger partial charge on any atom is 0.338 e. The second-order valence-corrected chi connectivity index (χ2v) is 10.2. The third-order valence-corrected chi connectivity index (χ3v) is 6.43. The fourth-order valence-electron chi connectivity index (χ4n) is 4.74. The van der Waals surface area contributed by atoms with Gasteiger partial charge in [0.15, 0.2) is 0 Å². The predicted octanol–water partition coefficient (Wildman–Crippen LogP) is 3.11. The molecule has 0 bridgehead atoms. The normalized spacial score (nSPS) is 19.3.